The van der Waals surface area contributed by atoms with Crippen molar-refractivity contribution < 1.29 is 13.2 Å². The van der Waals surface area contributed by atoms with Gasteiger partial charge in [0.2, 0.25) is 0 Å². The fourth-order valence-electron chi connectivity index (χ4n) is 2.28. The van der Waals surface area contributed by atoms with E-state index < -0.39 is 17.8 Å². The number of nitrogens with one attached hydrogen (secondary N) is 1. The van der Waals surface area contributed by atoms with Gasteiger partial charge in [-0.1, -0.05) is 42.0 Å². The Bertz CT molecular complexity index is 820. The van der Waals surface area contributed by atoms with Gasteiger partial charge in [0.05, 0.1) is 11.6 Å². The van der Waals surface area contributed by atoms with E-state index in [1.54, 1.807) is 0 Å². The summed E-state index contributed by atoms with van der Waals surface area (Å²) < 4.78 is 37.8. The molecule has 0 saturated heterocycles. The highest BCUT2D eigenvalue weighted by molar-refractivity contribution is 5.55. The van der Waals surface area contributed by atoms with Crippen LogP contribution in [0, 0.1) is 6.92 Å². The van der Waals surface area contributed by atoms with Gasteiger partial charge in [-0.15, -0.1) is 0 Å². The lowest BCUT2D eigenvalue weighted by Crippen LogP contribution is -2.13. The van der Waals surface area contributed by atoms with Crippen LogP contribution in [-0.4, -0.2) is 15.2 Å². The molecule has 124 valence electrons. The maximum atomic E-state index is 12.6. The molecule has 0 radical (unpaired) electrons. The van der Waals surface area contributed by atoms with Crippen LogP contribution in [0.5, 0.6) is 0 Å². The van der Waals surface area contributed by atoms with Gasteiger partial charge < -0.3 is 5.73 Å². The minimum absolute atomic E-state index is 0.307. The van der Waals surface area contributed by atoms with Gasteiger partial charge in [-0.25, -0.2) is 4.98 Å². The van der Waals surface area contributed by atoms with Crippen molar-refractivity contribution in [3.63, 3.8) is 0 Å². The zero-order valence-electron chi connectivity index (χ0n) is 12.8. The summed E-state index contributed by atoms with van der Waals surface area (Å²) >= 11 is 0. The highest BCUT2D eigenvalue weighted by Crippen LogP contribution is 2.30. The minimum atomic E-state index is -4.36. The molecule has 4 nitrogen and oxygen atoms in total. The molecule has 0 aliphatic heterocycles. The van der Waals surface area contributed by atoms with Gasteiger partial charge in [0.1, 0.15) is 5.82 Å². The third kappa shape index (κ3) is 3.30. The van der Waals surface area contributed by atoms with E-state index in [2.05, 4.69) is 15.2 Å². The average Bonchev–Trinajstić information content (AvgIpc) is 3.04. The molecular weight excluding hydrogens is 317 g/mol. The largest absolute Gasteiger partial charge is 0.416 e. The van der Waals surface area contributed by atoms with Crippen LogP contribution in [0.25, 0.3) is 11.4 Å². The Balaban J connectivity index is 1.83. The second kappa shape index (κ2) is 6.09. The van der Waals surface area contributed by atoms with E-state index in [-0.39, 0.29) is 0 Å². The SMILES string of the molecule is Cc1ccc(C(N)c2nc(-c3ccc(C(F)(F)F)cc3)n[nH]2)cc1. The number of aryl methyl sites for hydroxylation is 1. The standard InChI is InChI=1S/C17H15F3N4/c1-10-2-4-11(5-3-10)14(21)16-22-15(23-24-16)12-6-8-13(9-7-12)17(18,19)20/h2-9,14H,21H2,1H3,(H,22,23,24). The molecule has 0 saturated carbocycles. The molecule has 3 aromatic rings. The van der Waals surface area contributed by atoms with Crippen LogP contribution in [0.3, 0.4) is 0 Å². The predicted molar refractivity (Wildman–Crippen MR) is 84.0 cm³/mol. The predicted octanol–water partition coefficient (Wildman–Crippen LogP) is 3.85. The number of rotatable bonds is 3. The quantitative estimate of drug-likeness (QED) is 0.765. The fraction of sp³-hybridized carbons (Fsp3) is 0.176. The number of hydrogen-bond donors (Lipinski definition) is 2. The number of aromatic nitrogens is 3. The summed E-state index contributed by atoms with van der Waals surface area (Å²) in [5.41, 5.74) is 7.92. The van der Waals surface area contributed by atoms with Crippen molar-refractivity contribution in [1.29, 1.82) is 0 Å². The van der Waals surface area contributed by atoms with Crippen LogP contribution in [0.2, 0.25) is 0 Å². The lowest BCUT2D eigenvalue weighted by atomic mass is 10.1. The highest BCUT2D eigenvalue weighted by atomic mass is 19.4. The fourth-order valence-corrected chi connectivity index (χ4v) is 2.28. The van der Waals surface area contributed by atoms with Crippen LogP contribution < -0.4 is 5.73 Å². The van der Waals surface area contributed by atoms with E-state index in [1.807, 2.05) is 31.2 Å². The average molecular weight is 332 g/mol. The molecule has 1 atom stereocenters. The van der Waals surface area contributed by atoms with Gasteiger partial charge in [-0.05, 0) is 24.6 Å². The molecular formula is C17H15F3N4. The van der Waals surface area contributed by atoms with Gasteiger partial charge in [0, 0.05) is 5.56 Å². The molecule has 2 aromatic carbocycles. The molecule has 3 N–H and O–H groups in total. The summed E-state index contributed by atoms with van der Waals surface area (Å²) in [6, 6.07) is 11.9. The van der Waals surface area contributed by atoms with Gasteiger partial charge >= 0.3 is 6.18 Å². The molecule has 1 unspecified atom stereocenters. The Morgan fingerprint density at radius 2 is 1.62 bits per heavy atom. The van der Waals surface area contributed by atoms with Gasteiger partial charge in [0.15, 0.2) is 5.82 Å². The Labute approximate surface area is 136 Å². The number of benzene rings is 2. The number of aromatic amines is 1. The van der Waals surface area contributed by atoms with Crippen molar-refractivity contribution in [2.75, 3.05) is 0 Å². The maximum Gasteiger partial charge on any atom is 0.416 e. The Morgan fingerprint density at radius 1 is 1.00 bits per heavy atom. The Kier molecular flexibility index (Phi) is 4.11. The van der Waals surface area contributed by atoms with Crippen molar-refractivity contribution in [2.45, 2.75) is 19.1 Å². The molecule has 1 aromatic heterocycles. The Morgan fingerprint density at radius 3 is 2.21 bits per heavy atom. The van der Waals surface area contributed by atoms with Crippen molar-refractivity contribution in [3.05, 3.63) is 71.0 Å². The van der Waals surface area contributed by atoms with E-state index in [1.165, 1.54) is 12.1 Å². The molecule has 0 fully saturated rings. The van der Waals surface area contributed by atoms with Crippen LogP contribution in [-0.2, 0) is 6.18 Å². The summed E-state index contributed by atoms with van der Waals surface area (Å²) in [7, 11) is 0. The summed E-state index contributed by atoms with van der Waals surface area (Å²) in [6.07, 6.45) is -4.36. The number of nitrogens with zero attached hydrogens (tertiary/aromatic N) is 2. The van der Waals surface area contributed by atoms with Gasteiger partial charge in [0.25, 0.3) is 0 Å². The number of hydrogen-bond acceptors (Lipinski definition) is 3. The molecule has 0 spiro atoms. The first-order valence-electron chi connectivity index (χ1n) is 7.26. The lowest BCUT2D eigenvalue weighted by molar-refractivity contribution is -0.137. The lowest BCUT2D eigenvalue weighted by Gasteiger charge is -2.08. The molecule has 7 heteroatoms. The van der Waals surface area contributed by atoms with Crippen LogP contribution >= 0.6 is 0 Å². The van der Waals surface area contributed by atoms with Crippen molar-refractivity contribution >= 4 is 0 Å². The highest BCUT2D eigenvalue weighted by Gasteiger charge is 2.30. The zero-order valence-corrected chi connectivity index (χ0v) is 12.8. The first-order chi connectivity index (χ1) is 11.3. The molecule has 0 amide bonds. The molecule has 0 aliphatic carbocycles. The zero-order chi connectivity index (χ0) is 17.3. The molecule has 24 heavy (non-hydrogen) atoms. The third-order valence-electron chi connectivity index (χ3n) is 3.70. The van der Waals surface area contributed by atoms with Crippen molar-refractivity contribution in [3.8, 4) is 11.4 Å². The van der Waals surface area contributed by atoms with Crippen LogP contribution in [0.15, 0.2) is 48.5 Å². The normalized spacial score (nSPS) is 13.0. The third-order valence-corrected chi connectivity index (χ3v) is 3.70. The van der Waals surface area contributed by atoms with Crippen LogP contribution in [0.4, 0.5) is 13.2 Å². The molecule has 0 aliphatic rings. The number of nitrogens with two attached hydrogens (primary N) is 1. The second-order valence-electron chi connectivity index (χ2n) is 5.51. The Hall–Kier alpha value is -2.67. The van der Waals surface area contributed by atoms with Gasteiger partial charge in [-0.2, -0.15) is 18.3 Å². The first-order valence-corrected chi connectivity index (χ1v) is 7.26. The van der Waals surface area contributed by atoms with E-state index in [0.29, 0.717) is 17.2 Å². The van der Waals surface area contributed by atoms with Gasteiger partial charge in [-0.3, -0.25) is 5.10 Å². The van der Waals surface area contributed by atoms with E-state index in [0.717, 1.165) is 23.3 Å². The number of H-pyrrole nitrogens is 1. The summed E-state index contributed by atoms with van der Waals surface area (Å²) in [5.74, 6) is 0.759. The minimum Gasteiger partial charge on any atom is -0.318 e. The van der Waals surface area contributed by atoms with Crippen molar-refractivity contribution in [2.24, 2.45) is 5.73 Å². The molecule has 1 heterocycles. The summed E-state index contributed by atoms with van der Waals surface area (Å²) in [5, 5.41) is 6.80. The number of alkyl halides is 3. The molecule has 3 rings (SSSR count). The summed E-state index contributed by atoms with van der Waals surface area (Å²) in [6.45, 7) is 1.98. The van der Waals surface area contributed by atoms with Crippen molar-refractivity contribution in [1.82, 2.24) is 15.2 Å². The van der Waals surface area contributed by atoms with E-state index in [9.17, 15) is 13.2 Å². The monoisotopic (exact) mass is 332 g/mol. The summed E-state index contributed by atoms with van der Waals surface area (Å²) in [4.78, 5) is 4.30. The topological polar surface area (TPSA) is 67.6 Å². The second-order valence-corrected chi connectivity index (χ2v) is 5.51. The first kappa shape index (κ1) is 16.2. The van der Waals surface area contributed by atoms with E-state index in [4.69, 9.17) is 5.73 Å². The van der Waals surface area contributed by atoms with E-state index >= 15 is 0 Å². The number of halogens is 3. The molecule has 0 bridgehead atoms. The smallest absolute Gasteiger partial charge is 0.318 e. The van der Waals surface area contributed by atoms with Crippen LogP contribution in [0.1, 0.15) is 28.6 Å². The maximum absolute atomic E-state index is 12.6.